The normalized spacial score (nSPS) is 19.5. The van der Waals surface area contributed by atoms with Crippen LogP contribution in [0.3, 0.4) is 0 Å². The first-order valence-electron chi connectivity index (χ1n) is 8.23. The summed E-state index contributed by atoms with van der Waals surface area (Å²) in [4.78, 5) is 24.4. The van der Waals surface area contributed by atoms with Crippen molar-refractivity contribution in [2.75, 3.05) is 13.2 Å². The lowest BCUT2D eigenvalue weighted by atomic mass is 10.2. The summed E-state index contributed by atoms with van der Waals surface area (Å²) in [5.41, 5.74) is 0.346. The predicted molar refractivity (Wildman–Crippen MR) is 115 cm³/mol. The van der Waals surface area contributed by atoms with Gasteiger partial charge in [0.2, 0.25) is 0 Å². The summed E-state index contributed by atoms with van der Waals surface area (Å²) in [7, 11) is 0. The molecule has 1 fully saturated rings. The van der Waals surface area contributed by atoms with Crippen LogP contribution in [0.15, 0.2) is 36.4 Å². The van der Waals surface area contributed by atoms with Crippen LogP contribution in [0.5, 0.6) is 0 Å². The third-order valence-corrected chi connectivity index (χ3v) is 6.67. The summed E-state index contributed by atoms with van der Waals surface area (Å²) in [5.74, 6) is -2.08. The number of ether oxygens (including phenoxy) is 2. The summed E-state index contributed by atoms with van der Waals surface area (Å²) in [6.07, 6.45) is 0. The number of halogens is 6. The molecule has 154 valence electrons. The first-order valence-corrected chi connectivity index (χ1v) is 10.5. The van der Waals surface area contributed by atoms with Crippen molar-refractivity contribution < 1.29 is 19.1 Å². The highest BCUT2D eigenvalue weighted by Crippen LogP contribution is 2.59. The Bertz CT molecular complexity index is 886. The lowest BCUT2D eigenvalue weighted by molar-refractivity contribution is 0.0419. The van der Waals surface area contributed by atoms with Gasteiger partial charge in [-0.15, -0.1) is 23.2 Å². The molecule has 29 heavy (non-hydrogen) atoms. The third-order valence-electron chi connectivity index (χ3n) is 4.46. The highest BCUT2D eigenvalue weighted by Gasteiger charge is 2.64. The van der Waals surface area contributed by atoms with Gasteiger partial charge in [0.05, 0.1) is 34.4 Å². The molecule has 2 atom stereocenters. The topological polar surface area (TPSA) is 52.6 Å². The first-order chi connectivity index (χ1) is 13.6. The van der Waals surface area contributed by atoms with Gasteiger partial charge in [0.15, 0.2) is 0 Å². The molecule has 10 heteroatoms. The third kappa shape index (κ3) is 5.25. The Balaban J connectivity index is 1.54. The van der Waals surface area contributed by atoms with Crippen LogP contribution >= 0.6 is 69.6 Å². The number of carbonyl (C=O) groups is 2. The van der Waals surface area contributed by atoms with E-state index in [4.69, 9.17) is 79.1 Å². The Morgan fingerprint density at radius 2 is 1.14 bits per heavy atom. The van der Waals surface area contributed by atoms with E-state index in [-0.39, 0.29) is 34.4 Å². The molecule has 4 nitrogen and oxygen atoms in total. The number of esters is 2. The minimum atomic E-state index is -1.19. The summed E-state index contributed by atoms with van der Waals surface area (Å²) in [6, 6.07) is 8.85. The van der Waals surface area contributed by atoms with Crippen LogP contribution in [-0.2, 0) is 9.47 Å². The van der Waals surface area contributed by atoms with E-state index >= 15 is 0 Å². The SMILES string of the molecule is O=C(OCC1C(COC(=O)c2ccc(Cl)cc2Cl)C1(Cl)Cl)c1ccc(Cl)cc1Cl. The van der Waals surface area contributed by atoms with Crippen LogP contribution in [0.1, 0.15) is 20.7 Å². The molecule has 0 radical (unpaired) electrons. The van der Waals surface area contributed by atoms with Gasteiger partial charge in [-0.25, -0.2) is 9.59 Å². The average Bonchev–Trinajstić information content (AvgIpc) is 3.16. The highest BCUT2D eigenvalue weighted by molar-refractivity contribution is 6.51. The fourth-order valence-corrected chi connectivity index (χ4v) is 4.42. The molecule has 0 saturated heterocycles. The zero-order valence-corrected chi connectivity index (χ0v) is 19.0. The fraction of sp³-hybridized carbons (Fsp3) is 0.263. The standard InChI is InChI=1S/C19H12Cl6O4/c20-9-1-3-11(15(22)5-9)17(26)28-7-13-14(19(13,24)25)8-29-18(27)12-4-2-10(21)6-16(12)23/h1-6,13-14H,7-8H2. The Labute approximate surface area is 196 Å². The van der Waals surface area contributed by atoms with Crippen molar-refractivity contribution in [2.24, 2.45) is 11.8 Å². The van der Waals surface area contributed by atoms with Gasteiger partial charge in [0.25, 0.3) is 0 Å². The van der Waals surface area contributed by atoms with Crippen molar-refractivity contribution in [3.05, 3.63) is 67.6 Å². The first kappa shape index (κ1) is 22.8. The molecule has 0 bridgehead atoms. The maximum atomic E-state index is 12.2. The maximum Gasteiger partial charge on any atom is 0.339 e. The van der Waals surface area contributed by atoms with Crippen LogP contribution in [-0.4, -0.2) is 29.5 Å². The van der Waals surface area contributed by atoms with Crippen molar-refractivity contribution in [3.63, 3.8) is 0 Å². The van der Waals surface area contributed by atoms with Gasteiger partial charge in [-0.2, -0.15) is 0 Å². The van der Waals surface area contributed by atoms with Crippen molar-refractivity contribution in [2.45, 2.75) is 4.33 Å². The van der Waals surface area contributed by atoms with Gasteiger partial charge in [0.1, 0.15) is 4.33 Å². The van der Waals surface area contributed by atoms with Crippen molar-refractivity contribution >= 4 is 81.5 Å². The molecule has 1 aliphatic carbocycles. The average molecular weight is 517 g/mol. The minimum Gasteiger partial charge on any atom is -0.462 e. The number of hydrogen-bond donors (Lipinski definition) is 0. The van der Waals surface area contributed by atoms with Crippen LogP contribution in [0, 0.1) is 11.8 Å². The molecule has 2 aromatic rings. The second-order valence-electron chi connectivity index (χ2n) is 6.33. The monoisotopic (exact) mass is 514 g/mol. The second kappa shape index (κ2) is 9.09. The zero-order chi connectivity index (χ0) is 21.3. The molecule has 1 aliphatic rings. The number of benzene rings is 2. The fourth-order valence-electron chi connectivity index (χ4n) is 2.71. The van der Waals surface area contributed by atoms with Gasteiger partial charge in [0, 0.05) is 21.9 Å². The lowest BCUT2D eigenvalue weighted by Gasteiger charge is -2.07. The minimum absolute atomic E-state index is 0.0608. The smallest absolute Gasteiger partial charge is 0.339 e. The molecule has 0 aromatic heterocycles. The molecule has 2 aromatic carbocycles. The second-order valence-corrected chi connectivity index (χ2v) is 9.46. The number of rotatable bonds is 6. The Morgan fingerprint density at radius 3 is 1.48 bits per heavy atom. The molecule has 1 saturated carbocycles. The van der Waals surface area contributed by atoms with Gasteiger partial charge < -0.3 is 9.47 Å². The van der Waals surface area contributed by atoms with E-state index in [0.717, 1.165) is 0 Å². The largest absolute Gasteiger partial charge is 0.462 e. The van der Waals surface area contributed by atoms with E-state index in [9.17, 15) is 9.59 Å². The summed E-state index contributed by atoms with van der Waals surface area (Å²) >= 11 is 36.1. The number of hydrogen-bond acceptors (Lipinski definition) is 4. The van der Waals surface area contributed by atoms with Gasteiger partial charge >= 0.3 is 11.9 Å². The zero-order valence-electron chi connectivity index (χ0n) is 14.4. The van der Waals surface area contributed by atoms with E-state index in [1.54, 1.807) is 0 Å². The van der Waals surface area contributed by atoms with Gasteiger partial charge in [-0.1, -0.05) is 46.4 Å². The molecule has 3 rings (SSSR count). The van der Waals surface area contributed by atoms with Crippen molar-refractivity contribution in [3.8, 4) is 0 Å². The van der Waals surface area contributed by atoms with E-state index in [2.05, 4.69) is 0 Å². The van der Waals surface area contributed by atoms with Crippen LogP contribution in [0.25, 0.3) is 0 Å². The quantitative estimate of drug-likeness (QED) is 0.315. The van der Waals surface area contributed by atoms with Crippen molar-refractivity contribution in [1.29, 1.82) is 0 Å². The highest BCUT2D eigenvalue weighted by atomic mass is 35.5. The summed E-state index contributed by atoms with van der Waals surface area (Å²) in [6.45, 7) is -0.122. The van der Waals surface area contributed by atoms with E-state index in [1.807, 2.05) is 0 Å². The Morgan fingerprint density at radius 1 is 0.759 bits per heavy atom. The van der Waals surface area contributed by atoms with E-state index in [1.165, 1.54) is 36.4 Å². The molecule has 0 heterocycles. The maximum absolute atomic E-state index is 12.2. The molecule has 0 spiro atoms. The van der Waals surface area contributed by atoms with Crippen LogP contribution < -0.4 is 0 Å². The molecule has 2 unspecified atom stereocenters. The van der Waals surface area contributed by atoms with Gasteiger partial charge in [-0.05, 0) is 36.4 Å². The summed E-state index contributed by atoms with van der Waals surface area (Å²) in [5, 5.41) is 1.15. The number of alkyl halides is 2. The summed E-state index contributed by atoms with van der Waals surface area (Å²) < 4.78 is 9.32. The van der Waals surface area contributed by atoms with Crippen molar-refractivity contribution in [1.82, 2.24) is 0 Å². The predicted octanol–water partition coefficient (Wildman–Crippen LogP) is 6.73. The molecule has 0 aliphatic heterocycles. The van der Waals surface area contributed by atoms with E-state index < -0.39 is 28.1 Å². The Hall–Kier alpha value is -0.880. The molecular formula is C19H12Cl6O4. The Kier molecular flexibility index (Phi) is 7.14. The number of carbonyl (C=O) groups excluding carboxylic acids is 2. The van der Waals surface area contributed by atoms with Crippen LogP contribution in [0.4, 0.5) is 0 Å². The van der Waals surface area contributed by atoms with E-state index in [0.29, 0.717) is 10.0 Å². The molecular weight excluding hydrogens is 505 g/mol. The van der Waals surface area contributed by atoms with Gasteiger partial charge in [-0.3, -0.25) is 0 Å². The molecule has 0 N–H and O–H groups in total. The lowest BCUT2D eigenvalue weighted by Crippen LogP contribution is -2.12. The molecule has 0 amide bonds. The van der Waals surface area contributed by atoms with Crippen LogP contribution in [0.2, 0.25) is 20.1 Å².